The molecule has 0 bridgehead atoms. The van der Waals surface area contributed by atoms with Crippen LogP contribution >= 0.6 is 0 Å². The Hall–Kier alpha value is -2.11. The smallest absolute Gasteiger partial charge is 0.321 e. The zero-order valence-electron chi connectivity index (χ0n) is 10.9. The largest absolute Gasteiger partial charge is 0.481 e. The predicted octanol–water partition coefficient (Wildman–Crippen LogP) is 1.83. The van der Waals surface area contributed by atoms with E-state index in [2.05, 4.69) is 10.6 Å². The SMILES string of the molecule is CC[C@@H](C)NC(=O)NC(=O)COc1ccccc1F. The van der Waals surface area contributed by atoms with Crippen LogP contribution in [-0.2, 0) is 4.79 Å². The van der Waals surface area contributed by atoms with Crippen LogP contribution in [0.4, 0.5) is 9.18 Å². The molecule has 1 rings (SSSR count). The van der Waals surface area contributed by atoms with Gasteiger partial charge < -0.3 is 10.1 Å². The molecule has 6 heteroatoms. The topological polar surface area (TPSA) is 67.4 Å². The molecule has 0 aliphatic rings. The molecule has 3 amide bonds. The lowest BCUT2D eigenvalue weighted by atomic mass is 10.3. The van der Waals surface area contributed by atoms with Crippen LogP contribution in [0.25, 0.3) is 0 Å². The number of halogens is 1. The van der Waals surface area contributed by atoms with E-state index in [1.165, 1.54) is 18.2 Å². The van der Waals surface area contributed by atoms with Crippen LogP contribution in [0.2, 0.25) is 0 Å². The van der Waals surface area contributed by atoms with Gasteiger partial charge in [-0.1, -0.05) is 19.1 Å². The Morgan fingerprint density at radius 3 is 2.68 bits per heavy atom. The van der Waals surface area contributed by atoms with Crippen LogP contribution in [0.1, 0.15) is 20.3 Å². The van der Waals surface area contributed by atoms with Gasteiger partial charge in [0.25, 0.3) is 5.91 Å². The molecule has 104 valence electrons. The summed E-state index contributed by atoms with van der Waals surface area (Å²) < 4.78 is 18.1. The van der Waals surface area contributed by atoms with Gasteiger partial charge >= 0.3 is 6.03 Å². The van der Waals surface area contributed by atoms with Crippen molar-refractivity contribution in [3.63, 3.8) is 0 Å². The maximum Gasteiger partial charge on any atom is 0.321 e. The van der Waals surface area contributed by atoms with Crippen LogP contribution in [0.5, 0.6) is 5.75 Å². The Bertz CT molecular complexity index is 451. The first-order chi connectivity index (χ1) is 9.02. The van der Waals surface area contributed by atoms with E-state index in [1.54, 1.807) is 6.07 Å². The quantitative estimate of drug-likeness (QED) is 0.856. The summed E-state index contributed by atoms with van der Waals surface area (Å²) in [6, 6.07) is 5.12. The molecule has 1 atom stereocenters. The summed E-state index contributed by atoms with van der Waals surface area (Å²) in [5, 5.41) is 4.67. The van der Waals surface area contributed by atoms with Crippen LogP contribution in [0, 0.1) is 5.82 Å². The molecule has 0 aliphatic heterocycles. The molecule has 2 N–H and O–H groups in total. The van der Waals surface area contributed by atoms with Gasteiger partial charge in [0.15, 0.2) is 18.2 Å². The van der Waals surface area contributed by atoms with Crippen molar-refractivity contribution in [1.29, 1.82) is 0 Å². The number of imide groups is 1. The monoisotopic (exact) mass is 268 g/mol. The molecule has 0 radical (unpaired) electrons. The first-order valence-corrected chi connectivity index (χ1v) is 6.00. The number of carbonyl (C=O) groups is 2. The Kier molecular flexibility index (Phi) is 5.78. The molecule has 19 heavy (non-hydrogen) atoms. The highest BCUT2D eigenvalue weighted by molar-refractivity contribution is 5.95. The Morgan fingerprint density at radius 1 is 1.37 bits per heavy atom. The fourth-order valence-corrected chi connectivity index (χ4v) is 1.23. The van der Waals surface area contributed by atoms with Gasteiger partial charge in [-0.15, -0.1) is 0 Å². The maximum absolute atomic E-state index is 13.2. The number of urea groups is 1. The van der Waals surface area contributed by atoms with E-state index in [-0.39, 0.29) is 11.8 Å². The number of carbonyl (C=O) groups excluding carboxylic acids is 2. The van der Waals surface area contributed by atoms with Crippen molar-refractivity contribution in [2.75, 3.05) is 6.61 Å². The molecule has 0 unspecified atom stereocenters. The summed E-state index contributed by atoms with van der Waals surface area (Å²) >= 11 is 0. The Labute approximate surface area is 111 Å². The van der Waals surface area contributed by atoms with Crippen LogP contribution in [0.15, 0.2) is 24.3 Å². The summed E-state index contributed by atoms with van der Waals surface area (Å²) in [5.41, 5.74) is 0. The predicted molar refractivity (Wildman–Crippen MR) is 68.3 cm³/mol. The Balaban J connectivity index is 2.36. The molecule has 0 heterocycles. The molecule has 0 aliphatic carbocycles. The number of hydrogen-bond acceptors (Lipinski definition) is 3. The van der Waals surface area contributed by atoms with Crippen molar-refractivity contribution in [2.24, 2.45) is 0 Å². The van der Waals surface area contributed by atoms with Crippen molar-refractivity contribution >= 4 is 11.9 Å². The average molecular weight is 268 g/mol. The third kappa shape index (κ3) is 5.37. The number of hydrogen-bond donors (Lipinski definition) is 2. The highest BCUT2D eigenvalue weighted by Gasteiger charge is 2.11. The molecule has 0 saturated carbocycles. The van der Waals surface area contributed by atoms with E-state index in [4.69, 9.17) is 4.74 Å². The number of para-hydroxylation sites is 1. The fraction of sp³-hybridized carbons (Fsp3) is 0.385. The van der Waals surface area contributed by atoms with Gasteiger partial charge in [0.05, 0.1) is 0 Å². The molecule has 1 aromatic carbocycles. The number of benzene rings is 1. The van der Waals surface area contributed by atoms with E-state index in [0.717, 1.165) is 6.42 Å². The number of nitrogens with one attached hydrogen (secondary N) is 2. The molecule has 0 fully saturated rings. The third-order valence-corrected chi connectivity index (χ3v) is 2.44. The standard InChI is InChI=1S/C13H17FN2O3/c1-3-9(2)15-13(18)16-12(17)8-19-11-7-5-4-6-10(11)14/h4-7,9H,3,8H2,1-2H3,(H2,15,16,17,18)/t9-/m1/s1. The van der Waals surface area contributed by atoms with Crippen LogP contribution in [0.3, 0.4) is 0 Å². The second-order valence-electron chi connectivity index (χ2n) is 4.05. The van der Waals surface area contributed by atoms with Gasteiger partial charge in [0.1, 0.15) is 0 Å². The second kappa shape index (κ2) is 7.35. The maximum atomic E-state index is 13.2. The van der Waals surface area contributed by atoms with E-state index in [0.29, 0.717) is 0 Å². The summed E-state index contributed by atoms with van der Waals surface area (Å²) in [7, 11) is 0. The molecular formula is C13H17FN2O3. The minimum atomic E-state index is -0.635. The first kappa shape index (κ1) is 14.9. The lowest BCUT2D eigenvalue weighted by Gasteiger charge is -2.12. The minimum absolute atomic E-state index is 0.0275. The lowest BCUT2D eigenvalue weighted by Crippen LogP contribution is -2.44. The number of rotatable bonds is 5. The minimum Gasteiger partial charge on any atom is -0.481 e. The van der Waals surface area contributed by atoms with Gasteiger partial charge in [0.2, 0.25) is 0 Å². The lowest BCUT2D eigenvalue weighted by molar-refractivity contribution is -0.122. The van der Waals surface area contributed by atoms with E-state index >= 15 is 0 Å². The van der Waals surface area contributed by atoms with Crippen molar-refractivity contribution in [3.05, 3.63) is 30.1 Å². The van der Waals surface area contributed by atoms with E-state index < -0.39 is 24.4 Å². The van der Waals surface area contributed by atoms with Gasteiger partial charge in [-0.3, -0.25) is 10.1 Å². The van der Waals surface area contributed by atoms with E-state index in [9.17, 15) is 14.0 Å². The number of ether oxygens (including phenoxy) is 1. The second-order valence-corrected chi connectivity index (χ2v) is 4.05. The average Bonchev–Trinajstić information content (AvgIpc) is 2.37. The van der Waals surface area contributed by atoms with Gasteiger partial charge in [-0.05, 0) is 25.5 Å². The van der Waals surface area contributed by atoms with Crippen LogP contribution in [-0.4, -0.2) is 24.6 Å². The Morgan fingerprint density at radius 2 is 2.05 bits per heavy atom. The van der Waals surface area contributed by atoms with Gasteiger partial charge in [0, 0.05) is 6.04 Å². The number of amides is 3. The molecule has 5 nitrogen and oxygen atoms in total. The zero-order valence-corrected chi connectivity index (χ0v) is 10.9. The first-order valence-electron chi connectivity index (χ1n) is 6.00. The molecule has 0 spiro atoms. The van der Waals surface area contributed by atoms with Gasteiger partial charge in [-0.25, -0.2) is 9.18 Å². The molecule has 0 aromatic heterocycles. The highest BCUT2D eigenvalue weighted by atomic mass is 19.1. The molecule has 0 saturated heterocycles. The van der Waals surface area contributed by atoms with Crippen molar-refractivity contribution < 1.29 is 18.7 Å². The highest BCUT2D eigenvalue weighted by Crippen LogP contribution is 2.14. The normalized spacial score (nSPS) is 11.5. The van der Waals surface area contributed by atoms with Gasteiger partial charge in [-0.2, -0.15) is 0 Å². The summed E-state index contributed by atoms with van der Waals surface area (Å²) in [6.45, 7) is 3.31. The van der Waals surface area contributed by atoms with Crippen molar-refractivity contribution in [1.82, 2.24) is 10.6 Å². The molecular weight excluding hydrogens is 251 g/mol. The van der Waals surface area contributed by atoms with Crippen LogP contribution < -0.4 is 15.4 Å². The third-order valence-electron chi connectivity index (χ3n) is 2.44. The van der Waals surface area contributed by atoms with E-state index in [1.807, 2.05) is 13.8 Å². The zero-order chi connectivity index (χ0) is 14.3. The fourth-order valence-electron chi connectivity index (χ4n) is 1.23. The van der Waals surface area contributed by atoms with Crippen molar-refractivity contribution in [3.8, 4) is 5.75 Å². The molecule has 1 aromatic rings. The summed E-state index contributed by atoms with van der Waals surface area (Å²) in [6.07, 6.45) is 0.757. The summed E-state index contributed by atoms with van der Waals surface area (Å²) in [5.74, 6) is -1.22. The summed E-state index contributed by atoms with van der Waals surface area (Å²) in [4.78, 5) is 22.7. The van der Waals surface area contributed by atoms with Crippen molar-refractivity contribution in [2.45, 2.75) is 26.3 Å².